The summed E-state index contributed by atoms with van der Waals surface area (Å²) >= 11 is 0. The Labute approximate surface area is 173 Å². The van der Waals surface area contributed by atoms with Gasteiger partial charge in [-0.15, -0.1) is 24.0 Å². The van der Waals surface area contributed by atoms with Crippen molar-refractivity contribution in [1.29, 1.82) is 0 Å². The topological polar surface area (TPSA) is 75.0 Å². The molecule has 148 valence electrons. The average Bonchev–Trinajstić information content (AvgIpc) is 3.03. The van der Waals surface area contributed by atoms with Crippen molar-refractivity contribution < 1.29 is 9.53 Å². The summed E-state index contributed by atoms with van der Waals surface area (Å²) < 4.78 is 6.89. The van der Waals surface area contributed by atoms with E-state index < -0.39 is 0 Å². The van der Waals surface area contributed by atoms with Gasteiger partial charge in [-0.2, -0.15) is 5.10 Å². The Hall–Kier alpha value is -1.52. The summed E-state index contributed by atoms with van der Waals surface area (Å²) in [5.74, 6) is 0.928. The first kappa shape index (κ1) is 22.5. The minimum absolute atomic E-state index is 0. The molecule has 1 aliphatic heterocycles. The molecule has 0 unspecified atom stereocenters. The molecule has 1 amide bonds. The largest absolute Gasteiger partial charge is 0.450 e. The van der Waals surface area contributed by atoms with Crippen LogP contribution < -0.4 is 5.32 Å². The highest BCUT2D eigenvalue weighted by Crippen LogP contribution is 2.05. The molecule has 1 fully saturated rings. The van der Waals surface area contributed by atoms with Gasteiger partial charge >= 0.3 is 6.09 Å². The van der Waals surface area contributed by atoms with E-state index in [1.807, 2.05) is 31.0 Å². The van der Waals surface area contributed by atoms with E-state index in [4.69, 9.17) is 9.73 Å². The molecule has 1 aromatic heterocycles. The van der Waals surface area contributed by atoms with Crippen LogP contribution in [0, 0.1) is 0 Å². The van der Waals surface area contributed by atoms with Crippen molar-refractivity contribution >= 4 is 36.0 Å². The van der Waals surface area contributed by atoms with Crippen molar-refractivity contribution in [3.05, 3.63) is 18.0 Å². The lowest BCUT2D eigenvalue weighted by atomic mass is 10.2. The Morgan fingerprint density at radius 2 is 1.96 bits per heavy atom. The van der Waals surface area contributed by atoms with Crippen LogP contribution in [0.25, 0.3) is 0 Å². The van der Waals surface area contributed by atoms with E-state index in [9.17, 15) is 4.79 Å². The maximum absolute atomic E-state index is 11.8. The van der Waals surface area contributed by atoms with Crippen molar-refractivity contribution in [2.75, 3.05) is 45.9 Å². The molecular formula is C17H31IN6O2. The van der Waals surface area contributed by atoms with Crippen molar-refractivity contribution in [2.24, 2.45) is 12.0 Å². The summed E-state index contributed by atoms with van der Waals surface area (Å²) in [5, 5.41) is 7.53. The zero-order valence-corrected chi connectivity index (χ0v) is 18.3. The van der Waals surface area contributed by atoms with Crippen molar-refractivity contribution in [1.82, 2.24) is 24.9 Å². The number of rotatable bonds is 6. The molecule has 0 aliphatic carbocycles. The maximum atomic E-state index is 11.8. The second-order valence-electron chi connectivity index (χ2n) is 6.03. The van der Waals surface area contributed by atoms with Gasteiger partial charge < -0.3 is 19.9 Å². The fraction of sp³-hybridized carbons (Fsp3) is 0.706. The van der Waals surface area contributed by atoms with Gasteiger partial charge in [0, 0.05) is 52.5 Å². The molecular weight excluding hydrogens is 447 g/mol. The van der Waals surface area contributed by atoms with Gasteiger partial charge in [-0.3, -0.25) is 9.67 Å². The number of ether oxygens (including phenoxy) is 1. The number of aromatic nitrogens is 2. The second-order valence-corrected chi connectivity index (χ2v) is 6.03. The van der Waals surface area contributed by atoms with Crippen molar-refractivity contribution in [2.45, 2.75) is 26.7 Å². The number of carbonyl (C=O) groups is 1. The Morgan fingerprint density at radius 3 is 2.54 bits per heavy atom. The number of hydrogen-bond acceptors (Lipinski definition) is 4. The summed E-state index contributed by atoms with van der Waals surface area (Å²) in [6, 6.07) is 0. The van der Waals surface area contributed by atoms with Crippen molar-refractivity contribution in [3.8, 4) is 0 Å². The Bertz CT molecular complexity index is 569. The smallest absolute Gasteiger partial charge is 0.409 e. The zero-order chi connectivity index (χ0) is 18.1. The van der Waals surface area contributed by atoms with Gasteiger partial charge in [0.15, 0.2) is 5.96 Å². The van der Waals surface area contributed by atoms with E-state index in [0.717, 1.165) is 45.0 Å². The lowest BCUT2D eigenvalue weighted by Crippen LogP contribution is -2.53. The summed E-state index contributed by atoms with van der Waals surface area (Å²) in [5.41, 5.74) is 1.24. The normalized spacial score (nSPS) is 14.8. The average molecular weight is 478 g/mol. The molecule has 26 heavy (non-hydrogen) atoms. The minimum atomic E-state index is -0.222. The quantitative estimate of drug-likeness (QED) is 0.292. The fourth-order valence-electron chi connectivity index (χ4n) is 2.81. The number of carbonyl (C=O) groups excluding carboxylic acids is 1. The van der Waals surface area contributed by atoms with Crippen LogP contribution in [-0.2, 0) is 18.2 Å². The lowest BCUT2D eigenvalue weighted by molar-refractivity contribution is 0.0914. The van der Waals surface area contributed by atoms with Gasteiger partial charge in [0.25, 0.3) is 0 Å². The first-order valence-corrected chi connectivity index (χ1v) is 9.06. The molecule has 0 atom stereocenters. The van der Waals surface area contributed by atoms with Crippen LogP contribution >= 0.6 is 24.0 Å². The van der Waals surface area contributed by atoms with E-state index in [2.05, 4.69) is 22.2 Å². The second kappa shape index (κ2) is 12.0. The van der Waals surface area contributed by atoms with Crippen molar-refractivity contribution in [3.63, 3.8) is 0 Å². The van der Waals surface area contributed by atoms with Gasteiger partial charge in [-0.25, -0.2) is 4.79 Å². The van der Waals surface area contributed by atoms with Crippen LogP contribution in [0.3, 0.4) is 0 Å². The predicted molar refractivity (Wildman–Crippen MR) is 113 cm³/mol. The minimum Gasteiger partial charge on any atom is -0.450 e. The predicted octanol–water partition coefficient (Wildman–Crippen LogP) is 1.71. The number of hydrogen-bond donors (Lipinski definition) is 1. The fourth-order valence-corrected chi connectivity index (χ4v) is 2.81. The van der Waals surface area contributed by atoms with E-state index in [1.54, 1.807) is 4.90 Å². The van der Waals surface area contributed by atoms with Gasteiger partial charge in [-0.05, 0) is 32.3 Å². The summed E-state index contributed by atoms with van der Waals surface area (Å²) in [4.78, 5) is 20.5. The summed E-state index contributed by atoms with van der Waals surface area (Å²) in [6.07, 6.45) is 5.70. The monoisotopic (exact) mass is 478 g/mol. The number of guanidine groups is 1. The number of aliphatic imine (C=N–C) groups is 1. The molecule has 0 spiro atoms. The van der Waals surface area contributed by atoms with Crippen LogP contribution in [0.4, 0.5) is 4.79 Å². The molecule has 1 N–H and O–H groups in total. The molecule has 0 bridgehead atoms. The van der Waals surface area contributed by atoms with Crippen LogP contribution in [0.15, 0.2) is 17.4 Å². The molecule has 1 saturated heterocycles. The Balaban J connectivity index is 0.00000338. The summed E-state index contributed by atoms with van der Waals surface area (Å²) in [7, 11) is 1.93. The van der Waals surface area contributed by atoms with Crippen LogP contribution in [0.2, 0.25) is 0 Å². The number of nitrogens with zero attached hydrogens (tertiary/aromatic N) is 5. The third-order valence-corrected chi connectivity index (χ3v) is 4.08. The Morgan fingerprint density at radius 1 is 1.27 bits per heavy atom. The maximum Gasteiger partial charge on any atom is 0.409 e. The zero-order valence-electron chi connectivity index (χ0n) is 16.0. The third-order valence-electron chi connectivity index (χ3n) is 4.08. The SMILES string of the molecule is CCNC(=NCCCc1cnn(C)c1)N1CCN(C(=O)OCC)CC1.I. The first-order valence-electron chi connectivity index (χ1n) is 9.06. The number of aryl methyl sites for hydroxylation is 2. The van der Waals surface area contributed by atoms with Gasteiger partial charge in [0.1, 0.15) is 0 Å². The van der Waals surface area contributed by atoms with Crippen LogP contribution in [0.1, 0.15) is 25.8 Å². The molecule has 1 aromatic rings. The molecule has 0 saturated carbocycles. The van der Waals surface area contributed by atoms with Crippen LogP contribution in [0.5, 0.6) is 0 Å². The molecule has 0 aromatic carbocycles. The molecule has 0 radical (unpaired) electrons. The molecule has 2 rings (SSSR count). The number of piperazine rings is 1. The molecule has 1 aliphatic rings. The lowest BCUT2D eigenvalue weighted by Gasteiger charge is -2.35. The molecule has 8 nitrogen and oxygen atoms in total. The number of amides is 1. The molecule has 9 heteroatoms. The van der Waals surface area contributed by atoms with Gasteiger partial charge in [-0.1, -0.05) is 0 Å². The Kier molecular flexibility index (Phi) is 10.4. The third kappa shape index (κ3) is 7.00. The van der Waals surface area contributed by atoms with Gasteiger partial charge in [0.05, 0.1) is 12.8 Å². The highest BCUT2D eigenvalue weighted by atomic mass is 127. The van der Waals surface area contributed by atoms with Gasteiger partial charge in [0.2, 0.25) is 0 Å². The highest BCUT2D eigenvalue weighted by Gasteiger charge is 2.23. The number of halogens is 1. The molecule has 2 heterocycles. The van der Waals surface area contributed by atoms with E-state index in [0.29, 0.717) is 19.7 Å². The van der Waals surface area contributed by atoms with Crippen LogP contribution in [-0.4, -0.2) is 77.5 Å². The number of nitrogens with one attached hydrogen (secondary N) is 1. The standard InChI is InChI=1S/C17H30N6O2.HI/c1-4-18-16(19-8-6-7-15-13-20-21(3)14-15)22-9-11-23(12-10-22)17(24)25-5-2;/h13-14H,4-12H2,1-3H3,(H,18,19);1H. The highest BCUT2D eigenvalue weighted by molar-refractivity contribution is 14.0. The van der Waals surface area contributed by atoms with E-state index in [1.165, 1.54) is 5.56 Å². The summed E-state index contributed by atoms with van der Waals surface area (Å²) in [6.45, 7) is 8.79. The van der Waals surface area contributed by atoms with E-state index >= 15 is 0 Å². The first-order chi connectivity index (χ1) is 12.1. The van der Waals surface area contributed by atoms with E-state index in [-0.39, 0.29) is 30.1 Å².